The normalized spacial score (nSPS) is 12.0. The summed E-state index contributed by atoms with van der Waals surface area (Å²) in [6, 6.07) is 11.0. The Hall–Kier alpha value is -2.71. The molecular formula is C16H13FN2O4S. The van der Waals surface area contributed by atoms with Crippen molar-refractivity contribution in [2.45, 2.75) is 0 Å². The highest BCUT2D eigenvalue weighted by Gasteiger charge is 2.09. The summed E-state index contributed by atoms with van der Waals surface area (Å²) >= 11 is -2.34. The second-order valence-electron chi connectivity index (χ2n) is 4.79. The fraction of sp³-hybridized carbons (Fsp3) is 0.0625. The van der Waals surface area contributed by atoms with Gasteiger partial charge in [-0.1, -0.05) is 0 Å². The molecular weight excluding hydrogens is 335 g/mol. The quantitative estimate of drug-likeness (QED) is 0.687. The molecule has 1 atom stereocenters. The number of benzene rings is 2. The van der Waals surface area contributed by atoms with Gasteiger partial charge in [-0.3, -0.25) is 14.3 Å². The molecule has 0 bridgehead atoms. The Morgan fingerprint density at radius 2 is 1.96 bits per heavy atom. The van der Waals surface area contributed by atoms with Crippen molar-refractivity contribution in [2.24, 2.45) is 0 Å². The first-order valence-electron chi connectivity index (χ1n) is 6.84. The molecule has 8 heteroatoms. The minimum Gasteiger partial charge on any atom is -0.497 e. The van der Waals surface area contributed by atoms with Crippen LogP contribution < -0.4 is 14.2 Å². The largest absolute Gasteiger partial charge is 0.497 e. The van der Waals surface area contributed by atoms with Gasteiger partial charge in [0.05, 0.1) is 18.3 Å². The Morgan fingerprint density at radius 3 is 2.67 bits per heavy atom. The number of aromatic nitrogens is 1. The van der Waals surface area contributed by atoms with E-state index in [-0.39, 0.29) is 11.4 Å². The number of fused-ring (bicyclic) bond motifs is 1. The maximum absolute atomic E-state index is 13.9. The van der Waals surface area contributed by atoms with E-state index in [1.54, 1.807) is 37.6 Å². The van der Waals surface area contributed by atoms with E-state index < -0.39 is 17.1 Å². The lowest BCUT2D eigenvalue weighted by molar-refractivity contribution is 0.415. The average molecular weight is 348 g/mol. The third-order valence-corrected chi connectivity index (χ3v) is 3.67. The molecule has 2 aromatic carbocycles. The first kappa shape index (κ1) is 16.2. The Morgan fingerprint density at radius 1 is 1.17 bits per heavy atom. The van der Waals surface area contributed by atoms with Crippen molar-refractivity contribution in [3.8, 4) is 17.2 Å². The third-order valence-electron chi connectivity index (χ3n) is 3.28. The van der Waals surface area contributed by atoms with Gasteiger partial charge in [0.25, 0.3) is 11.3 Å². The topological polar surface area (TPSA) is 80.7 Å². The Labute approximate surface area is 139 Å². The number of hydrogen-bond donors (Lipinski definition) is 2. The van der Waals surface area contributed by atoms with Crippen LogP contribution >= 0.6 is 0 Å². The molecule has 0 fully saturated rings. The van der Waals surface area contributed by atoms with Crippen LogP contribution in [0.2, 0.25) is 0 Å². The monoisotopic (exact) mass is 348 g/mol. The lowest BCUT2D eigenvalue weighted by Gasteiger charge is -2.10. The number of halogens is 1. The maximum atomic E-state index is 13.9. The van der Waals surface area contributed by atoms with Gasteiger partial charge in [-0.2, -0.15) is 0 Å². The number of nitrogens with zero attached hydrogens (tertiary/aromatic N) is 1. The van der Waals surface area contributed by atoms with E-state index >= 15 is 0 Å². The highest BCUT2D eigenvalue weighted by atomic mass is 32.2. The predicted octanol–water partition coefficient (Wildman–Crippen LogP) is 3.72. The van der Waals surface area contributed by atoms with Crippen LogP contribution in [0.25, 0.3) is 10.9 Å². The molecule has 0 saturated heterocycles. The molecule has 0 aliphatic heterocycles. The molecule has 0 radical (unpaired) electrons. The third kappa shape index (κ3) is 3.44. The average Bonchev–Trinajstić information content (AvgIpc) is 2.57. The van der Waals surface area contributed by atoms with Crippen molar-refractivity contribution >= 4 is 27.9 Å². The van der Waals surface area contributed by atoms with Crippen LogP contribution in [0.1, 0.15) is 0 Å². The molecule has 0 spiro atoms. The molecule has 3 aromatic rings. The summed E-state index contributed by atoms with van der Waals surface area (Å²) in [7, 11) is 1.57. The first-order valence-corrected chi connectivity index (χ1v) is 7.95. The summed E-state index contributed by atoms with van der Waals surface area (Å²) < 4.78 is 46.3. The second-order valence-corrected chi connectivity index (χ2v) is 5.49. The van der Waals surface area contributed by atoms with Crippen molar-refractivity contribution < 1.29 is 22.6 Å². The SMILES string of the molecule is COc1ccc2c(Oc3ccc(NS(=O)O)c(F)c3)ccnc2c1. The van der Waals surface area contributed by atoms with Gasteiger partial charge in [-0.05, 0) is 30.3 Å². The van der Waals surface area contributed by atoms with Gasteiger partial charge in [-0.25, -0.2) is 8.60 Å². The van der Waals surface area contributed by atoms with Gasteiger partial charge >= 0.3 is 0 Å². The van der Waals surface area contributed by atoms with Crippen molar-refractivity contribution in [1.29, 1.82) is 0 Å². The van der Waals surface area contributed by atoms with Gasteiger partial charge in [0.2, 0.25) is 0 Å². The lowest BCUT2D eigenvalue weighted by atomic mass is 10.2. The van der Waals surface area contributed by atoms with Gasteiger partial charge < -0.3 is 9.47 Å². The van der Waals surface area contributed by atoms with E-state index in [2.05, 4.69) is 9.71 Å². The number of hydrogen-bond acceptors (Lipinski definition) is 4. The van der Waals surface area contributed by atoms with Gasteiger partial charge in [-0.15, -0.1) is 0 Å². The number of rotatable bonds is 5. The fourth-order valence-corrected chi connectivity index (χ4v) is 2.53. The number of ether oxygens (including phenoxy) is 2. The highest BCUT2D eigenvalue weighted by Crippen LogP contribution is 2.32. The summed E-state index contributed by atoms with van der Waals surface area (Å²) in [5.74, 6) is 0.735. The number of methoxy groups -OCH3 is 1. The first-order chi connectivity index (χ1) is 11.6. The molecule has 0 amide bonds. The van der Waals surface area contributed by atoms with Crippen molar-refractivity contribution in [2.75, 3.05) is 11.8 Å². The van der Waals surface area contributed by atoms with Crippen molar-refractivity contribution in [3.63, 3.8) is 0 Å². The summed E-state index contributed by atoms with van der Waals surface area (Å²) in [4.78, 5) is 4.25. The van der Waals surface area contributed by atoms with Crippen LogP contribution in [0.4, 0.5) is 10.1 Å². The molecule has 1 heterocycles. The van der Waals surface area contributed by atoms with Crippen molar-refractivity contribution in [1.82, 2.24) is 4.98 Å². The fourth-order valence-electron chi connectivity index (χ4n) is 2.18. The zero-order valence-corrected chi connectivity index (χ0v) is 13.3. The molecule has 1 unspecified atom stereocenters. The molecule has 1 aromatic heterocycles. The van der Waals surface area contributed by atoms with Crippen LogP contribution in [0, 0.1) is 5.82 Å². The van der Waals surface area contributed by atoms with Gasteiger partial charge in [0.1, 0.15) is 17.2 Å². The standard InChI is InChI=1S/C16H13FN2O4S/c1-22-10-2-4-12-15(9-10)18-7-6-16(12)23-11-3-5-14(13(17)8-11)19-24(20)21/h2-9,19H,1H3,(H,20,21). The highest BCUT2D eigenvalue weighted by molar-refractivity contribution is 7.80. The molecule has 24 heavy (non-hydrogen) atoms. The second kappa shape index (κ2) is 6.81. The van der Waals surface area contributed by atoms with E-state index in [9.17, 15) is 8.60 Å². The molecule has 3 rings (SSSR count). The molecule has 6 nitrogen and oxygen atoms in total. The lowest BCUT2D eigenvalue weighted by Crippen LogP contribution is -2.03. The zero-order valence-electron chi connectivity index (χ0n) is 12.5. The molecule has 2 N–H and O–H groups in total. The van der Waals surface area contributed by atoms with E-state index in [0.29, 0.717) is 17.0 Å². The van der Waals surface area contributed by atoms with Crippen LogP contribution in [0.15, 0.2) is 48.7 Å². The van der Waals surface area contributed by atoms with Crippen LogP contribution in [0.5, 0.6) is 17.2 Å². The predicted molar refractivity (Wildman–Crippen MR) is 89.2 cm³/mol. The van der Waals surface area contributed by atoms with Gasteiger partial charge in [0, 0.05) is 23.7 Å². The molecule has 0 aliphatic carbocycles. The Bertz CT molecular complexity index is 920. The Kier molecular flexibility index (Phi) is 4.59. The molecule has 0 saturated carbocycles. The van der Waals surface area contributed by atoms with Gasteiger partial charge in [0.15, 0.2) is 5.82 Å². The Balaban J connectivity index is 1.92. The summed E-state index contributed by atoms with van der Waals surface area (Å²) in [6.45, 7) is 0. The summed E-state index contributed by atoms with van der Waals surface area (Å²) in [5, 5.41) is 0.748. The summed E-state index contributed by atoms with van der Waals surface area (Å²) in [5.41, 5.74) is 0.591. The zero-order chi connectivity index (χ0) is 17.1. The van der Waals surface area contributed by atoms with Crippen LogP contribution in [-0.2, 0) is 11.3 Å². The van der Waals surface area contributed by atoms with Crippen LogP contribution in [0.3, 0.4) is 0 Å². The number of anilines is 1. The number of nitrogens with one attached hydrogen (secondary N) is 1. The van der Waals surface area contributed by atoms with Crippen LogP contribution in [-0.4, -0.2) is 20.9 Å². The molecule has 124 valence electrons. The smallest absolute Gasteiger partial charge is 0.259 e. The minimum atomic E-state index is -2.34. The number of pyridine rings is 1. The van der Waals surface area contributed by atoms with E-state index in [4.69, 9.17) is 14.0 Å². The maximum Gasteiger partial charge on any atom is 0.259 e. The summed E-state index contributed by atoms with van der Waals surface area (Å²) in [6.07, 6.45) is 1.58. The van der Waals surface area contributed by atoms with Crippen molar-refractivity contribution in [3.05, 3.63) is 54.5 Å². The minimum absolute atomic E-state index is 0.0903. The van der Waals surface area contributed by atoms with E-state index in [1.807, 2.05) is 0 Å². The molecule has 0 aliphatic rings. The van der Waals surface area contributed by atoms with E-state index in [0.717, 1.165) is 11.5 Å². The van der Waals surface area contributed by atoms with E-state index in [1.165, 1.54) is 12.1 Å².